The Hall–Kier alpha value is -0.511. The van der Waals surface area contributed by atoms with E-state index in [-0.39, 0.29) is 36.3 Å². The summed E-state index contributed by atoms with van der Waals surface area (Å²) in [5.41, 5.74) is 2.79. The van der Waals surface area contributed by atoms with Crippen LogP contribution < -0.4 is 0 Å². The van der Waals surface area contributed by atoms with Gasteiger partial charge in [0.1, 0.15) is 13.1 Å². The Balaban J connectivity index is 0.00000162. The summed E-state index contributed by atoms with van der Waals surface area (Å²) in [6.07, 6.45) is 0. The first-order valence-corrected chi connectivity index (χ1v) is 6.06. The Labute approximate surface area is 139 Å². The zero-order valence-electron chi connectivity index (χ0n) is 11.8. The number of rotatable bonds is 4. The van der Waals surface area contributed by atoms with Crippen molar-refractivity contribution in [3.05, 3.63) is 71.8 Å². The summed E-state index contributed by atoms with van der Waals surface area (Å²) in [6, 6.07) is 21.4. The van der Waals surface area contributed by atoms with Gasteiger partial charge in [-0.25, -0.2) is 0 Å². The first-order valence-electron chi connectivity index (χ1n) is 6.06. The third kappa shape index (κ3) is 6.46. The van der Waals surface area contributed by atoms with Crippen LogP contribution in [0.5, 0.6) is 0 Å². The molecule has 2 radical (unpaired) electrons. The molecule has 2 rings (SSSR count). The molecule has 1 nitrogen and oxygen atoms in total. The third-order valence-electron chi connectivity index (χ3n) is 2.91. The SMILES string of the molecule is C[N+](C)(Cc1ccccc1)Cc1ccccc1.Cl.[SnH2]. The summed E-state index contributed by atoms with van der Waals surface area (Å²) in [7, 11) is 4.56. The minimum atomic E-state index is 0. The molecule has 0 unspecified atom stereocenters. The van der Waals surface area contributed by atoms with Gasteiger partial charge in [-0.05, 0) is 0 Å². The fourth-order valence-corrected chi connectivity index (χ4v) is 2.21. The Kier molecular flexibility index (Phi) is 8.39. The maximum absolute atomic E-state index is 2.28. The van der Waals surface area contributed by atoms with Crippen LogP contribution in [0, 0.1) is 0 Å². The Morgan fingerprint density at radius 1 is 0.684 bits per heavy atom. The van der Waals surface area contributed by atoms with E-state index < -0.39 is 0 Å². The Bertz CT molecular complexity index is 413. The monoisotopic (exact) mass is 384 g/mol. The molecule has 0 heterocycles. The van der Waals surface area contributed by atoms with E-state index in [0.29, 0.717) is 0 Å². The zero-order chi connectivity index (χ0) is 12.1. The van der Waals surface area contributed by atoms with Gasteiger partial charge in [0.15, 0.2) is 0 Å². The minimum absolute atomic E-state index is 0. The molecule has 102 valence electrons. The number of quaternary nitrogens is 1. The second-order valence-electron chi connectivity index (χ2n) is 5.22. The molecule has 0 aliphatic carbocycles. The van der Waals surface area contributed by atoms with Crippen LogP contribution >= 0.6 is 12.4 Å². The molecule has 0 aliphatic heterocycles. The van der Waals surface area contributed by atoms with Gasteiger partial charge in [-0.1, -0.05) is 60.7 Å². The molecular formula is C16H23ClNSn+. The van der Waals surface area contributed by atoms with Gasteiger partial charge in [0.05, 0.1) is 14.1 Å². The van der Waals surface area contributed by atoms with Crippen molar-refractivity contribution < 1.29 is 4.48 Å². The second kappa shape index (κ2) is 8.62. The van der Waals surface area contributed by atoms with Gasteiger partial charge in [-0.15, -0.1) is 12.4 Å². The van der Waals surface area contributed by atoms with Crippen LogP contribution in [0.4, 0.5) is 0 Å². The van der Waals surface area contributed by atoms with E-state index in [2.05, 4.69) is 74.8 Å². The van der Waals surface area contributed by atoms with Crippen molar-refractivity contribution >= 4 is 36.3 Å². The van der Waals surface area contributed by atoms with Crippen LogP contribution in [-0.4, -0.2) is 42.5 Å². The van der Waals surface area contributed by atoms with Crippen molar-refractivity contribution in [1.82, 2.24) is 0 Å². The molecule has 0 saturated heterocycles. The van der Waals surface area contributed by atoms with Crippen LogP contribution in [0.15, 0.2) is 60.7 Å². The van der Waals surface area contributed by atoms with Crippen molar-refractivity contribution in [1.29, 1.82) is 0 Å². The molecule has 3 heteroatoms. The van der Waals surface area contributed by atoms with Crippen molar-refractivity contribution in [2.75, 3.05) is 14.1 Å². The van der Waals surface area contributed by atoms with Crippen LogP contribution in [0.1, 0.15) is 11.1 Å². The van der Waals surface area contributed by atoms with Crippen LogP contribution in [0.25, 0.3) is 0 Å². The third-order valence-corrected chi connectivity index (χ3v) is 2.91. The number of benzene rings is 2. The molecular weight excluding hydrogens is 360 g/mol. The van der Waals surface area contributed by atoms with Crippen molar-refractivity contribution in [3.63, 3.8) is 0 Å². The normalized spacial score (nSPS) is 10.2. The molecule has 0 aliphatic rings. The van der Waals surface area contributed by atoms with E-state index in [0.717, 1.165) is 17.6 Å². The van der Waals surface area contributed by atoms with E-state index in [1.165, 1.54) is 11.1 Å². The van der Waals surface area contributed by atoms with Crippen molar-refractivity contribution in [2.45, 2.75) is 13.1 Å². The van der Waals surface area contributed by atoms with E-state index in [4.69, 9.17) is 0 Å². The zero-order valence-corrected chi connectivity index (χ0v) is 16.6. The fourth-order valence-electron chi connectivity index (χ4n) is 2.21. The Morgan fingerprint density at radius 2 is 1.00 bits per heavy atom. The Morgan fingerprint density at radius 3 is 1.32 bits per heavy atom. The quantitative estimate of drug-likeness (QED) is 0.563. The average Bonchev–Trinajstić information content (AvgIpc) is 2.30. The number of hydrogen-bond acceptors (Lipinski definition) is 0. The molecule has 0 atom stereocenters. The van der Waals surface area contributed by atoms with E-state index >= 15 is 0 Å². The summed E-state index contributed by atoms with van der Waals surface area (Å²) < 4.78 is 0.980. The van der Waals surface area contributed by atoms with E-state index in [1.54, 1.807) is 0 Å². The maximum atomic E-state index is 2.28. The van der Waals surface area contributed by atoms with Gasteiger partial charge in [0.2, 0.25) is 0 Å². The van der Waals surface area contributed by atoms with Crippen molar-refractivity contribution in [3.8, 4) is 0 Å². The molecule has 0 fully saturated rings. The first-order chi connectivity index (χ1) is 8.16. The van der Waals surface area contributed by atoms with Crippen molar-refractivity contribution in [2.24, 2.45) is 0 Å². The number of halogens is 1. The second-order valence-corrected chi connectivity index (χ2v) is 5.22. The predicted molar refractivity (Wildman–Crippen MR) is 88.2 cm³/mol. The predicted octanol–water partition coefficient (Wildman–Crippen LogP) is 2.97. The molecule has 0 spiro atoms. The molecule has 0 N–H and O–H groups in total. The van der Waals surface area contributed by atoms with Gasteiger partial charge in [-0.2, -0.15) is 0 Å². The molecule has 19 heavy (non-hydrogen) atoms. The summed E-state index contributed by atoms with van der Waals surface area (Å²) in [4.78, 5) is 0. The van der Waals surface area contributed by atoms with Gasteiger partial charge >= 0.3 is 23.9 Å². The molecule has 0 aromatic heterocycles. The first kappa shape index (κ1) is 18.5. The van der Waals surface area contributed by atoms with E-state index in [9.17, 15) is 0 Å². The van der Waals surface area contributed by atoms with Gasteiger partial charge in [-0.3, -0.25) is 0 Å². The molecule has 2 aromatic rings. The van der Waals surface area contributed by atoms with Crippen LogP contribution in [-0.2, 0) is 13.1 Å². The summed E-state index contributed by atoms with van der Waals surface area (Å²) in [5, 5.41) is 0. The topological polar surface area (TPSA) is 0 Å². The number of nitrogens with zero attached hydrogens (tertiary/aromatic N) is 1. The van der Waals surface area contributed by atoms with E-state index in [1.807, 2.05) is 0 Å². The molecule has 0 bridgehead atoms. The molecule has 2 aromatic carbocycles. The fraction of sp³-hybridized carbons (Fsp3) is 0.250. The molecule has 0 amide bonds. The summed E-state index contributed by atoms with van der Waals surface area (Å²) >= 11 is 0. The van der Waals surface area contributed by atoms with Crippen LogP contribution in [0.3, 0.4) is 0 Å². The van der Waals surface area contributed by atoms with Crippen LogP contribution in [0.2, 0.25) is 0 Å². The number of hydrogen-bond donors (Lipinski definition) is 0. The van der Waals surface area contributed by atoms with Gasteiger partial charge in [0, 0.05) is 11.1 Å². The van der Waals surface area contributed by atoms with Gasteiger partial charge in [0.25, 0.3) is 0 Å². The standard InChI is InChI=1S/C16H20N.ClH.Sn.2H/c1-17(2,13-15-9-5-3-6-10-15)14-16-11-7-4-8-12-16;;;;/h3-12H,13-14H2,1-2H3;1H;;;/q+1;;;;. The molecule has 0 saturated carbocycles. The van der Waals surface area contributed by atoms with Gasteiger partial charge < -0.3 is 4.48 Å². The summed E-state index contributed by atoms with van der Waals surface area (Å²) in [6.45, 7) is 2.13. The summed E-state index contributed by atoms with van der Waals surface area (Å²) in [5.74, 6) is 0. The average molecular weight is 384 g/mol.